The summed E-state index contributed by atoms with van der Waals surface area (Å²) < 4.78 is 5.14. The molecule has 25 heavy (non-hydrogen) atoms. The van der Waals surface area contributed by atoms with E-state index in [1.807, 2.05) is 0 Å². The van der Waals surface area contributed by atoms with E-state index in [0.29, 0.717) is 22.4 Å². The molecule has 0 saturated heterocycles. The highest BCUT2D eigenvalue weighted by molar-refractivity contribution is 5.98. The smallest absolute Gasteiger partial charge is 0.338 e. The summed E-state index contributed by atoms with van der Waals surface area (Å²) in [4.78, 5) is 35.4. The first-order valence-electron chi connectivity index (χ1n) is 7.73. The van der Waals surface area contributed by atoms with Crippen LogP contribution >= 0.6 is 0 Å². The lowest BCUT2D eigenvalue weighted by Gasteiger charge is -2.14. The summed E-state index contributed by atoms with van der Waals surface area (Å²) in [6.07, 6.45) is -0.988. The number of carbonyl (C=O) groups excluding carboxylic acids is 3. The molecule has 6 nitrogen and oxygen atoms in total. The second-order valence-corrected chi connectivity index (χ2v) is 5.53. The van der Waals surface area contributed by atoms with Gasteiger partial charge in [-0.2, -0.15) is 0 Å². The number of hydrogen-bond donors (Lipinski definition) is 2. The van der Waals surface area contributed by atoms with Crippen LogP contribution < -0.4 is 5.32 Å². The van der Waals surface area contributed by atoms with Crippen molar-refractivity contribution in [3.63, 3.8) is 0 Å². The number of aliphatic hydroxyl groups excluding tert-OH is 1. The first-order chi connectivity index (χ1) is 11.9. The minimum Gasteiger partial charge on any atom is -0.449 e. The third kappa shape index (κ3) is 4.99. The van der Waals surface area contributed by atoms with Crippen LogP contribution in [0.3, 0.4) is 0 Å². The van der Waals surface area contributed by atoms with Crippen molar-refractivity contribution in [2.75, 3.05) is 5.32 Å². The molecule has 130 valence electrons. The van der Waals surface area contributed by atoms with E-state index in [1.54, 1.807) is 36.4 Å². The number of rotatable bonds is 6. The summed E-state index contributed by atoms with van der Waals surface area (Å²) in [6.45, 7) is 2.82. The molecule has 0 aromatic heterocycles. The van der Waals surface area contributed by atoms with Gasteiger partial charge >= 0.3 is 5.97 Å². The van der Waals surface area contributed by atoms with Crippen molar-refractivity contribution in [3.8, 4) is 0 Å². The second-order valence-electron chi connectivity index (χ2n) is 5.53. The van der Waals surface area contributed by atoms with E-state index in [2.05, 4.69) is 5.32 Å². The SMILES string of the molecule is CC(=O)c1ccc(NC(=O)[C@H](C)OC(=O)c2ccc(CO)cc2)cc1. The zero-order chi connectivity index (χ0) is 18.4. The number of anilines is 1. The lowest BCUT2D eigenvalue weighted by atomic mass is 10.1. The predicted molar refractivity (Wildman–Crippen MR) is 92.3 cm³/mol. The van der Waals surface area contributed by atoms with Crippen molar-refractivity contribution >= 4 is 23.3 Å². The summed E-state index contributed by atoms with van der Waals surface area (Å²) >= 11 is 0. The van der Waals surface area contributed by atoms with Gasteiger partial charge < -0.3 is 15.2 Å². The molecule has 0 fully saturated rings. The highest BCUT2D eigenvalue weighted by Gasteiger charge is 2.19. The quantitative estimate of drug-likeness (QED) is 0.622. The maximum atomic E-state index is 12.1. The van der Waals surface area contributed by atoms with Gasteiger partial charge in [-0.05, 0) is 55.8 Å². The van der Waals surface area contributed by atoms with Gasteiger partial charge in [0.05, 0.1) is 12.2 Å². The lowest BCUT2D eigenvalue weighted by molar-refractivity contribution is -0.123. The number of Topliss-reactive ketones (excluding diaryl/α,β-unsaturated/α-hetero) is 1. The molecule has 0 heterocycles. The summed E-state index contributed by atoms with van der Waals surface area (Å²) in [7, 11) is 0. The second kappa shape index (κ2) is 8.21. The van der Waals surface area contributed by atoms with E-state index in [0.717, 1.165) is 0 Å². The molecule has 2 aromatic rings. The predicted octanol–water partition coefficient (Wildman–Crippen LogP) is 2.57. The van der Waals surface area contributed by atoms with Crippen LogP contribution in [0.4, 0.5) is 5.69 Å². The van der Waals surface area contributed by atoms with Gasteiger partial charge in [0.2, 0.25) is 0 Å². The summed E-state index contributed by atoms with van der Waals surface area (Å²) in [5.41, 5.74) is 2.02. The van der Waals surface area contributed by atoms with Gasteiger partial charge in [-0.15, -0.1) is 0 Å². The van der Waals surface area contributed by atoms with Crippen LogP contribution in [0.25, 0.3) is 0 Å². The lowest BCUT2D eigenvalue weighted by Crippen LogP contribution is -2.30. The number of ketones is 1. The molecule has 0 unspecified atom stereocenters. The van der Waals surface area contributed by atoms with Gasteiger partial charge in [-0.1, -0.05) is 12.1 Å². The Morgan fingerprint density at radius 2 is 1.56 bits per heavy atom. The molecule has 0 aliphatic rings. The minimum atomic E-state index is -0.988. The van der Waals surface area contributed by atoms with Crippen LogP contribution in [0.2, 0.25) is 0 Å². The van der Waals surface area contributed by atoms with Crippen molar-refractivity contribution in [2.24, 2.45) is 0 Å². The molecule has 6 heteroatoms. The third-order valence-electron chi connectivity index (χ3n) is 3.58. The molecule has 2 rings (SSSR count). The molecule has 1 amide bonds. The van der Waals surface area contributed by atoms with E-state index in [1.165, 1.54) is 26.0 Å². The van der Waals surface area contributed by atoms with E-state index in [4.69, 9.17) is 9.84 Å². The molecule has 0 bridgehead atoms. The Morgan fingerprint density at radius 1 is 1.00 bits per heavy atom. The molecule has 2 aromatic carbocycles. The normalized spacial score (nSPS) is 11.5. The molecule has 0 saturated carbocycles. The maximum absolute atomic E-state index is 12.1. The topological polar surface area (TPSA) is 92.7 Å². The Morgan fingerprint density at radius 3 is 2.08 bits per heavy atom. The van der Waals surface area contributed by atoms with Crippen molar-refractivity contribution in [1.29, 1.82) is 0 Å². The van der Waals surface area contributed by atoms with Crippen LogP contribution in [-0.4, -0.2) is 28.9 Å². The van der Waals surface area contributed by atoms with Crippen molar-refractivity contribution < 1.29 is 24.2 Å². The van der Waals surface area contributed by atoms with Gasteiger partial charge in [0.15, 0.2) is 11.9 Å². The first-order valence-corrected chi connectivity index (χ1v) is 7.73. The number of carbonyl (C=O) groups is 3. The fourth-order valence-electron chi connectivity index (χ4n) is 2.06. The van der Waals surface area contributed by atoms with Gasteiger partial charge in [-0.25, -0.2) is 4.79 Å². The van der Waals surface area contributed by atoms with E-state index in [-0.39, 0.29) is 12.4 Å². The number of esters is 1. The van der Waals surface area contributed by atoms with E-state index >= 15 is 0 Å². The summed E-state index contributed by atoms with van der Waals surface area (Å²) in [5, 5.41) is 11.6. The number of nitrogens with one attached hydrogen (secondary N) is 1. The standard InChI is InChI=1S/C19H19NO5/c1-12(22)15-7-9-17(10-8-15)20-18(23)13(2)25-19(24)16-5-3-14(11-21)4-6-16/h3-10,13,21H,11H2,1-2H3,(H,20,23)/t13-/m0/s1. The Bertz CT molecular complexity index is 765. The van der Waals surface area contributed by atoms with Gasteiger partial charge in [0.1, 0.15) is 0 Å². The fourth-order valence-corrected chi connectivity index (χ4v) is 2.06. The summed E-state index contributed by atoms with van der Waals surface area (Å²) in [5.74, 6) is -1.16. The summed E-state index contributed by atoms with van der Waals surface area (Å²) in [6, 6.07) is 12.7. The monoisotopic (exact) mass is 341 g/mol. The third-order valence-corrected chi connectivity index (χ3v) is 3.58. The molecular weight excluding hydrogens is 322 g/mol. The molecule has 0 spiro atoms. The van der Waals surface area contributed by atoms with Crippen LogP contribution in [0.5, 0.6) is 0 Å². The zero-order valence-corrected chi connectivity index (χ0v) is 14.0. The number of hydrogen-bond acceptors (Lipinski definition) is 5. The first kappa shape index (κ1) is 18.4. The number of amides is 1. The molecule has 1 atom stereocenters. The van der Waals surface area contributed by atoms with E-state index in [9.17, 15) is 14.4 Å². The Hall–Kier alpha value is -2.99. The van der Waals surface area contributed by atoms with Crippen molar-refractivity contribution in [3.05, 3.63) is 65.2 Å². The zero-order valence-electron chi connectivity index (χ0n) is 14.0. The Balaban J connectivity index is 1.94. The van der Waals surface area contributed by atoms with Crippen LogP contribution in [0.15, 0.2) is 48.5 Å². The van der Waals surface area contributed by atoms with Crippen LogP contribution in [-0.2, 0) is 16.1 Å². The Labute approximate surface area is 145 Å². The minimum absolute atomic E-state index is 0.0626. The number of benzene rings is 2. The van der Waals surface area contributed by atoms with Crippen molar-refractivity contribution in [1.82, 2.24) is 0 Å². The average Bonchev–Trinajstić information content (AvgIpc) is 2.62. The Kier molecular flexibility index (Phi) is 6.03. The highest BCUT2D eigenvalue weighted by atomic mass is 16.5. The van der Waals surface area contributed by atoms with E-state index < -0.39 is 18.0 Å². The van der Waals surface area contributed by atoms with Gasteiger partial charge in [-0.3, -0.25) is 9.59 Å². The largest absolute Gasteiger partial charge is 0.449 e. The van der Waals surface area contributed by atoms with Crippen molar-refractivity contribution in [2.45, 2.75) is 26.6 Å². The molecule has 0 aliphatic carbocycles. The fraction of sp³-hybridized carbons (Fsp3) is 0.211. The van der Waals surface area contributed by atoms with Crippen LogP contribution in [0, 0.1) is 0 Å². The maximum Gasteiger partial charge on any atom is 0.338 e. The van der Waals surface area contributed by atoms with Gasteiger partial charge in [0, 0.05) is 11.3 Å². The average molecular weight is 341 g/mol. The molecular formula is C19H19NO5. The molecule has 0 aliphatic heterocycles. The van der Waals surface area contributed by atoms with Gasteiger partial charge in [0.25, 0.3) is 5.91 Å². The highest BCUT2D eigenvalue weighted by Crippen LogP contribution is 2.12. The van der Waals surface area contributed by atoms with Crippen LogP contribution in [0.1, 0.15) is 40.1 Å². The molecule has 2 N–H and O–H groups in total. The molecule has 0 radical (unpaired) electrons. The number of ether oxygens (including phenoxy) is 1. The number of aliphatic hydroxyl groups is 1.